The molecule has 0 bridgehead atoms. The second kappa shape index (κ2) is 2.86. The van der Waals surface area contributed by atoms with Gasteiger partial charge in [0, 0.05) is 18.0 Å². The van der Waals surface area contributed by atoms with Crippen LogP contribution in [-0.2, 0) is 0 Å². The van der Waals surface area contributed by atoms with Crippen LogP contribution in [0.25, 0.3) is 0 Å². The van der Waals surface area contributed by atoms with Crippen molar-refractivity contribution in [1.29, 1.82) is 0 Å². The van der Waals surface area contributed by atoms with Gasteiger partial charge in [0.1, 0.15) is 0 Å². The Hall–Kier alpha value is -0.790. The molecule has 0 aromatic rings. The Bertz CT molecular complexity index is 189. The zero-order chi connectivity index (χ0) is 7.56. The van der Waals surface area contributed by atoms with Gasteiger partial charge in [-0.1, -0.05) is 0 Å². The Balaban J connectivity index is 2.88. The van der Waals surface area contributed by atoms with Crippen LogP contribution in [0.1, 0.15) is 20.8 Å². The molecule has 1 aliphatic rings. The molecule has 1 N–H and O–H groups in total. The fraction of sp³-hybridized carbons (Fsp3) is 0.625. The molecule has 0 saturated heterocycles. The van der Waals surface area contributed by atoms with Crippen LogP contribution in [0, 0.1) is 0 Å². The molecule has 2 nitrogen and oxygen atoms in total. The first-order valence-corrected chi connectivity index (χ1v) is 3.64. The van der Waals surface area contributed by atoms with Crippen molar-refractivity contribution in [3.05, 3.63) is 11.3 Å². The smallest absolute Gasteiger partial charge is 0.0565 e. The number of nitrogens with one attached hydrogen (secondary N) is 1. The zero-order valence-electron chi connectivity index (χ0n) is 6.86. The summed E-state index contributed by atoms with van der Waals surface area (Å²) in [5.74, 6) is 0. The molecule has 0 radical (unpaired) electrons. The Kier molecular flexibility index (Phi) is 2.10. The van der Waals surface area contributed by atoms with E-state index in [4.69, 9.17) is 0 Å². The molecule has 0 aromatic carbocycles. The summed E-state index contributed by atoms with van der Waals surface area (Å²) < 4.78 is 0. The number of nitrogens with zero attached hydrogens (tertiary/aromatic N) is 1. The molecule has 1 heterocycles. The summed E-state index contributed by atoms with van der Waals surface area (Å²) in [6, 6.07) is 0. The van der Waals surface area contributed by atoms with Crippen molar-refractivity contribution in [2.75, 3.05) is 13.1 Å². The minimum absolute atomic E-state index is 0.903. The van der Waals surface area contributed by atoms with E-state index >= 15 is 0 Å². The quantitative estimate of drug-likeness (QED) is 0.536. The van der Waals surface area contributed by atoms with E-state index in [1.54, 1.807) is 0 Å². The SMILES string of the molecule is CC1=NCCNC(C)=C1C. The van der Waals surface area contributed by atoms with Crippen molar-refractivity contribution in [3.63, 3.8) is 0 Å². The van der Waals surface area contributed by atoms with Crippen molar-refractivity contribution >= 4 is 5.71 Å². The first-order valence-electron chi connectivity index (χ1n) is 3.64. The lowest BCUT2D eigenvalue weighted by molar-refractivity contribution is 0.805. The molecule has 1 aliphatic heterocycles. The minimum atomic E-state index is 0.903. The molecule has 2 heteroatoms. The predicted molar refractivity (Wildman–Crippen MR) is 44.4 cm³/mol. The van der Waals surface area contributed by atoms with Gasteiger partial charge in [0.2, 0.25) is 0 Å². The van der Waals surface area contributed by atoms with Crippen molar-refractivity contribution in [1.82, 2.24) is 5.32 Å². The van der Waals surface area contributed by atoms with Gasteiger partial charge in [-0.25, -0.2) is 0 Å². The molecule has 0 fully saturated rings. The van der Waals surface area contributed by atoms with Crippen LogP contribution in [0.4, 0.5) is 0 Å². The maximum Gasteiger partial charge on any atom is 0.0565 e. The van der Waals surface area contributed by atoms with E-state index in [2.05, 4.69) is 31.1 Å². The van der Waals surface area contributed by atoms with Crippen molar-refractivity contribution in [3.8, 4) is 0 Å². The lowest BCUT2D eigenvalue weighted by Crippen LogP contribution is -2.14. The third-order valence-corrected chi connectivity index (χ3v) is 1.96. The molecule has 56 valence electrons. The van der Waals surface area contributed by atoms with Crippen LogP contribution in [0.3, 0.4) is 0 Å². The zero-order valence-corrected chi connectivity index (χ0v) is 6.86. The van der Waals surface area contributed by atoms with Crippen LogP contribution < -0.4 is 5.32 Å². The summed E-state index contributed by atoms with van der Waals surface area (Å²) in [6.07, 6.45) is 0. The number of rotatable bonds is 0. The predicted octanol–water partition coefficient (Wildman–Crippen LogP) is 1.34. The van der Waals surface area contributed by atoms with E-state index in [1.165, 1.54) is 17.0 Å². The molecule has 0 unspecified atom stereocenters. The van der Waals surface area contributed by atoms with Crippen LogP contribution in [0.15, 0.2) is 16.3 Å². The van der Waals surface area contributed by atoms with Crippen molar-refractivity contribution < 1.29 is 0 Å². The summed E-state index contributed by atoms with van der Waals surface area (Å²) in [5.41, 5.74) is 3.72. The average molecular weight is 138 g/mol. The Morgan fingerprint density at radius 1 is 1.30 bits per heavy atom. The monoisotopic (exact) mass is 138 g/mol. The molecule has 0 spiro atoms. The van der Waals surface area contributed by atoms with Crippen molar-refractivity contribution in [2.45, 2.75) is 20.8 Å². The van der Waals surface area contributed by atoms with Crippen LogP contribution >= 0.6 is 0 Å². The molecule has 0 saturated carbocycles. The average Bonchev–Trinajstić information content (AvgIpc) is 2.04. The Morgan fingerprint density at radius 2 is 2.00 bits per heavy atom. The van der Waals surface area contributed by atoms with E-state index in [9.17, 15) is 0 Å². The number of aliphatic imine (C=N–C) groups is 1. The highest BCUT2D eigenvalue weighted by molar-refractivity contribution is 5.98. The molecule has 1 rings (SSSR count). The fourth-order valence-electron chi connectivity index (χ4n) is 0.990. The summed E-state index contributed by atoms with van der Waals surface area (Å²) in [6.45, 7) is 8.14. The fourth-order valence-corrected chi connectivity index (χ4v) is 0.990. The second-order valence-corrected chi connectivity index (χ2v) is 2.64. The molecular formula is C8H14N2. The largest absolute Gasteiger partial charge is 0.386 e. The van der Waals surface area contributed by atoms with Gasteiger partial charge in [0.05, 0.1) is 6.54 Å². The Morgan fingerprint density at radius 3 is 2.70 bits per heavy atom. The highest BCUT2D eigenvalue weighted by Gasteiger charge is 2.02. The van der Waals surface area contributed by atoms with E-state index in [0.29, 0.717) is 0 Å². The summed E-state index contributed by atoms with van der Waals surface area (Å²) in [4.78, 5) is 4.35. The maximum absolute atomic E-state index is 4.35. The van der Waals surface area contributed by atoms with Gasteiger partial charge in [-0.05, 0) is 26.3 Å². The number of hydrogen-bond donors (Lipinski definition) is 1. The summed E-state index contributed by atoms with van der Waals surface area (Å²) in [5, 5.41) is 3.29. The van der Waals surface area contributed by atoms with Crippen LogP contribution in [0.2, 0.25) is 0 Å². The van der Waals surface area contributed by atoms with Gasteiger partial charge >= 0.3 is 0 Å². The van der Waals surface area contributed by atoms with Gasteiger partial charge in [-0.3, -0.25) is 4.99 Å². The van der Waals surface area contributed by atoms with Gasteiger partial charge in [0.15, 0.2) is 0 Å². The van der Waals surface area contributed by atoms with E-state index in [-0.39, 0.29) is 0 Å². The van der Waals surface area contributed by atoms with Gasteiger partial charge in [-0.15, -0.1) is 0 Å². The maximum atomic E-state index is 4.35. The number of allylic oxidation sites excluding steroid dienone is 2. The highest BCUT2D eigenvalue weighted by Crippen LogP contribution is 2.04. The standard InChI is InChI=1S/C8H14N2/c1-6-7(2)9-4-5-10-8(6)3/h9H,4-5H2,1-3H3. The molecule has 10 heavy (non-hydrogen) atoms. The topological polar surface area (TPSA) is 24.4 Å². The molecule has 0 aromatic heterocycles. The normalized spacial score (nSPS) is 19.7. The molecule has 0 aliphatic carbocycles. The highest BCUT2D eigenvalue weighted by atomic mass is 14.9. The number of hydrogen-bond acceptors (Lipinski definition) is 2. The first-order chi connectivity index (χ1) is 4.72. The molecule has 0 amide bonds. The summed E-state index contributed by atoms with van der Waals surface area (Å²) >= 11 is 0. The third kappa shape index (κ3) is 1.38. The van der Waals surface area contributed by atoms with E-state index < -0.39 is 0 Å². The van der Waals surface area contributed by atoms with Gasteiger partial charge in [0.25, 0.3) is 0 Å². The van der Waals surface area contributed by atoms with E-state index in [0.717, 1.165) is 13.1 Å². The Labute approximate surface area is 62.0 Å². The molecule has 0 atom stereocenters. The van der Waals surface area contributed by atoms with Gasteiger partial charge < -0.3 is 5.32 Å². The van der Waals surface area contributed by atoms with Crippen LogP contribution in [0.5, 0.6) is 0 Å². The summed E-state index contributed by atoms with van der Waals surface area (Å²) in [7, 11) is 0. The van der Waals surface area contributed by atoms with E-state index in [1.807, 2.05) is 0 Å². The first kappa shape index (κ1) is 7.32. The minimum Gasteiger partial charge on any atom is -0.386 e. The second-order valence-electron chi connectivity index (χ2n) is 2.64. The van der Waals surface area contributed by atoms with Crippen molar-refractivity contribution in [2.24, 2.45) is 4.99 Å². The lowest BCUT2D eigenvalue weighted by Gasteiger charge is -2.03. The van der Waals surface area contributed by atoms with Gasteiger partial charge in [-0.2, -0.15) is 0 Å². The lowest BCUT2D eigenvalue weighted by atomic mass is 10.1. The molecular weight excluding hydrogens is 124 g/mol. The van der Waals surface area contributed by atoms with Crippen LogP contribution in [-0.4, -0.2) is 18.8 Å². The third-order valence-electron chi connectivity index (χ3n) is 1.96.